The first-order valence-electron chi connectivity index (χ1n) is 15.7. The lowest BCUT2D eigenvalue weighted by Gasteiger charge is -2.25. The maximum absolute atomic E-state index is 13.8. The molecule has 0 saturated carbocycles. The Morgan fingerprint density at radius 3 is 2.49 bits per heavy atom. The third kappa shape index (κ3) is 9.09. The van der Waals surface area contributed by atoms with Crippen molar-refractivity contribution in [1.82, 2.24) is 25.4 Å². The summed E-state index contributed by atoms with van der Waals surface area (Å²) in [6.07, 6.45) is 5.40. The zero-order valence-corrected chi connectivity index (χ0v) is 26.8. The van der Waals surface area contributed by atoms with Crippen LogP contribution in [0.2, 0.25) is 0 Å². The molecule has 4 rings (SSSR count). The molecule has 1 aliphatic heterocycles. The van der Waals surface area contributed by atoms with E-state index in [4.69, 9.17) is 14.2 Å². The Kier molecular flexibility index (Phi) is 12.0. The number of rotatable bonds is 3. The van der Waals surface area contributed by atoms with E-state index in [9.17, 15) is 19.2 Å². The maximum Gasteiger partial charge on any atom is 0.259 e. The molecule has 45 heavy (non-hydrogen) atoms. The number of amides is 4. The van der Waals surface area contributed by atoms with E-state index < -0.39 is 11.9 Å². The van der Waals surface area contributed by atoms with Gasteiger partial charge in [0.1, 0.15) is 11.6 Å². The Labute approximate surface area is 264 Å². The number of hydrogen-bond acceptors (Lipinski definition) is 8. The second-order valence-corrected chi connectivity index (χ2v) is 11.5. The predicted molar refractivity (Wildman–Crippen MR) is 168 cm³/mol. The van der Waals surface area contributed by atoms with E-state index in [1.165, 1.54) is 14.2 Å². The van der Waals surface area contributed by atoms with Crippen LogP contribution < -0.4 is 24.8 Å². The molecule has 1 aliphatic carbocycles. The van der Waals surface area contributed by atoms with Gasteiger partial charge in [-0.15, -0.1) is 0 Å². The SMILES string of the molecule is COc1ccc2cc1OCC(=O)N[C@@H](C)C(=O)N(C)CCCCN(C(=O)c1cc3c(nc1OC)CCC3)CCCNC(=O)CC2. The number of ether oxygens (including phenoxy) is 3. The van der Waals surface area contributed by atoms with Gasteiger partial charge >= 0.3 is 0 Å². The van der Waals surface area contributed by atoms with Crippen LogP contribution in [-0.4, -0.2) is 98.5 Å². The number of aryl methyl sites for hydroxylation is 3. The average Bonchev–Trinajstić information content (AvgIpc) is 3.51. The lowest BCUT2D eigenvalue weighted by molar-refractivity contribution is -0.135. The van der Waals surface area contributed by atoms with Crippen molar-refractivity contribution >= 4 is 23.6 Å². The Morgan fingerprint density at radius 2 is 1.71 bits per heavy atom. The molecule has 2 aliphatic rings. The van der Waals surface area contributed by atoms with Crippen molar-refractivity contribution in [3.8, 4) is 17.4 Å². The van der Waals surface area contributed by atoms with Gasteiger partial charge in [0.05, 0.1) is 14.2 Å². The first kappa shape index (κ1) is 33.5. The fourth-order valence-corrected chi connectivity index (χ4v) is 5.66. The van der Waals surface area contributed by atoms with Crippen LogP contribution in [0.1, 0.15) is 66.2 Å². The van der Waals surface area contributed by atoms with Gasteiger partial charge in [0, 0.05) is 45.3 Å². The molecule has 0 radical (unpaired) electrons. The molecule has 0 spiro atoms. The van der Waals surface area contributed by atoms with Crippen LogP contribution in [0.5, 0.6) is 17.4 Å². The van der Waals surface area contributed by atoms with Crippen LogP contribution in [0.3, 0.4) is 0 Å². The van der Waals surface area contributed by atoms with Crippen molar-refractivity contribution in [2.24, 2.45) is 0 Å². The summed E-state index contributed by atoms with van der Waals surface area (Å²) in [5.41, 5.74) is 3.37. The van der Waals surface area contributed by atoms with Gasteiger partial charge in [-0.3, -0.25) is 19.2 Å². The van der Waals surface area contributed by atoms with Crippen molar-refractivity contribution in [1.29, 1.82) is 0 Å². The molecular weight excluding hydrogens is 578 g/mol. The molecule has 1 aromatic heterocycles. The summed E-state index contributed by atoms with van der Waals surface area (Å²) in [6.45, 7) is 3.13. The third-order valence-corrected chi connectivity index (χ3v) is 8.18. The van der Waals surface area contributed by atoms with Crippen molar-refractivity contribution in [3.63, 3.8) is 0 Å². The van der Waals surface area contributed by atoms with E-state index in [2.05, 4.69) is 15.6 Å². The summed E-state index contributed by atoms with van der Waals surface area (Å²) in [6, 6.07) is 6.50. The van der Waals surface area contributed by atoms with E-state index >= 15 is 0 Å². The molecule has 2 N–H and O–H groups in total. The van der Waals surface area contributed by atoms with E-state index in [1.54, 1.807) is 35.9 Å². The van der Waals surface area contributed by atoms with Gasteiger partial charge in [0.2, 0.25) is 17.7 Å². The third-order valence-electron chi connectivity index (χ3n) is 8.18. The zero-order valence-electron chi connectivity index (χ0n) is 26.8. The summed E-state index contributed by atoms with van der Waals surface area (Å²) >= 11 is 0. The number of carbonyl (C=O) groups is 4. The summed E-state index contributed by atoms with van der Waals surface area (Å²) < 4.78 is 16.6. The number of aromatic nitrogens is 1. The number of likely N-dealkylation sites (N-methyl/N-ethyl adjacent to an activating group) is 1. The van der Waals surface area contributed by atoms with Crippen LogP contribution in [0, 0.1) is 0 Å². The van der Waals surface area contributed by atoms with Gasteiger partial charge < -0.3 is 34.6 Å². The van der Waals surface area contributed by atoms with E-state index in [1.807, 2.05) is 12.1 Å². The van der Waals surface area contributed by atoms with E-state index in [-0.39, 0.29) is 30.7 Å². The molecule has 2 heterocycles. The van der Waals surface area contributed by atoms with Crippen molar-refractivity contribution < 1.29 is 33.4 Å². The second-order valence-electron chi connectivity index (χ2n) is 11.5. The summed E-state index contributed by atoms with van der Waals surface area (Å²) in [5, 5.41) is 5.66. The molecular formula is C33H45N5O7. The van der Waals surface area contributed by atoms with Gasteiger partial charge in [-0.25, -0.2) is 4.98 Å². The lowest BCUT2D eigenvalue weighted by Crippen LogP contribution is -2.47. The second kappa shape index (κ2) is 16.1. The highest BCUT2D eigenvalue weighted by molar-refractivity contribution is 5.96. The normalized spacial score (nSPS) is 19.3. The maximum atomic E-state index is 13.8. The van der Waals surface area contributed by atoms with E-state index in [0.29, 0.717) is 74.8 Å². The molecule has 0 saturated heterocycles. The minimum atomic E-state index is -0.742. The van der Waals surface area contributed by atoms with Crippen molar-refractivity contribution in [2.45, 2.75) is 64.3 Å². The number of benzene rings is 1. The fourth-order valence-electron chi connectivity index (χ4n) is 5.66. The number of pyridine rings is 1. The highest BCUT2D eigenvalue weighted by Gasteiger charge is 2.25. The Bertz CT molecular complexity index is 1380. The van der Waals surface area contributed by atoms with Crippen LogP contribution >= 0.6 is 0 Å². The average molecular weight is 624 g/mol. The van der Waals surface area contributed by atoms with Gasteiger partial charge in [0.15, 0.2) is 18.1 Å². The lowest BCUT2D eigenvalue weighted by atomic mass is 10.1. The molecule has 2 aromatic rings. The van der Waals surface area contributed by atoms with Crippen molar-refractivity contribution in [2.75, 3.05) is 54.1 Å². The molecule has 12 heteroatoms. The topological polar surface area (TPSA) is 139 Å². The highest BCUT2D eigenvalue weighted by atomic mass is 16.5. The number of carbonyl (C=O) groups excluding carboxylic acids is 4. The van der Waals surface area contributed by atoms with Gasteiger partial charge in [-0.1, -0.05) is 6.07 Å². The van der Waals surface area contributed by atoms with Crippen LogP contribution in [0.25, 0.3) is 0 Å². The summed E-state index contributed by atoms with van der Waals surface area (Å²) in [5.74, 6) is 0.254. The smallest absolute Gasteiger partial charge is 0.259 e. The monoisotopic (exact) mass is 623 g/mol. The number of methoxy groups -OCH3 is 2. The molecule has 4 amide bonds. The molecule has 0 fully saturated rings. The Hall–Kier alpha value is -4.35. The minimum absolute atomic E-state index is 0.0983. The van der Waals surface area contributed by atoms with Crippen molar-refractivity contribution in [3.05, 3.63) is 46.6 Å². The first-order valence-corrected chi connectivity index (χ1v) is 15.7. The number of hydrogen-bond donors (Lipinski definition) is 2. The summed E-state index contributed by atoms with van der Waals surface area (Å²) in [7, 11) is 4.73. The largest absolute Gasteiger partial charge is 0.493 e. The molecule has 1 aromatic carbocycles. The van der Waals surface area contributed by atoms with Gasteiger partial charge in [-0.2, -0.15) is 0 Å². The van der Waals surface area contributed by atoms with Crippen LogP contribution in [0.4, 0.5) is 0 Å². The number of nitrogens with zero attached hydrogens (tertiary/aromatic N) is 3. The molecule has 2 bridgehead atoms. The number of fused-ring (bicyclic) bond motifs is 3. The molecule has 0 unspecified atom stereocenters. The van der Waals surface area contributed by atoms with Crippen LogP contribution in [-0.2, 0) is 33.6 Å². The van der Waals surface area contributed by atoms with Gasteiger partial charge in [-0.05, 0) is 81.2 Å². The molecule has 12 nitrogen and oxygen atoms in total. The van der Waals surface area contributed by atoms with Gasteiger partial charge in [0.25, 0.3) is 11.8 Å². The minimum Gasteiger partial charge on any atom is -0.493 e. The molecule has 1 atom stereocenters. The first-order chi connectivity index (χ1) is 21.7. The standard InChI is InChI=1S/C33H45N5O7/c1-22-32(41)37(2)16-5-6-17-38(33(42)25-20-24-9-7-10-26(24)36-31(25)44-4)18-8-15-34-29(39)14-12-23-11-13-27(43-3)28(19-23)45-21-30(40)35-22/h11,13,19-20,22H,5-10,12,14-18,21H2,1-4H3,(H,34,39)(H,35,40)/t22-/m0/s1. The van der Waals surface area contributed by atoms with E-state index in [0.717, 1.165) is 36.1 Å². The quantitative estimate of drug-likeness (QED) is 0.531. The Balaban J connectivity index is 1.48. The fraction of sp³-hybridized carbons (Fsp3) is 0.545. The predicted octanol–water partition coefficient (Wildman–Crippen LogP) is 2.30. The Morgan fingerprint density at radius 1 is 0.933 bits per heavy atom. The summed E-state index contributed by atoms with van der Waals surface area (Å²) in [4.78, 5) is 60.0. The van der Waals surface area contributed by atoms with Crippen LogP contribution in [0.15, 0.2) is 24.3 Å². The highest BCUT2D eigenvalue weighted by Crippen LogP contribution is 2.29. The number of nitrogens with one attached hydrogen (secondary N) is 2. The molecule has 244 valence electrons. The zero-order chi connectivity index (χ0) is 32.3.